The van der Waals surface area contributed by atoms with Crippen molar-refractivity contribution in [3.63, 3.8) is 0 Å². The second kappa shape index (κ2) is 6.40. The first kappa shape index (κ1) is 12.9. The Morgan fingerprint density at radius 3 is 2.75 bits per heavy atom. The molecule has 0 bridgehead atoms. The van der Waals surface area contributed by atoms with E-state index in [4.69, 9.17) is 23.2 Å². The molecular weight excluding hydrogens is 251 g/mol. The fraction of sp³-hybridized carbons (Fsp3) is 0.182. The molecule has 0 aromatic heterocycles. The van der Waals surface area contributed by atoms with Crippen LogP contribution in [0.25, 0.3) is 6.08 Å². The van der Waals surface area contributed by atoms with Crippen molar-refractivity contribution in [3.05, 3.63) is 39.9 Å². The Balaban J connectivity index is 2.50. The van der Waals surface area contributed by atoms with Crippen LogP contribution in [0.4, 0.5) is 4.79 Å². The van der Waals surface area contributed by atoms with Crippen molar-refractivity contribution in [3.8, 4) is 0 Å². The maximum absolute atomic E-state index is 10.6. The van der Waals surface area contributed by atoms with Gasteiger partial charge in [0.15, 0.2) is 0 Å². The largest absolute Gasteiger partial charge is 0.508 e. The number of benzene rings is 1. The lowest BCUT2D eigenvalue weighted by Crippen LogP contribution is -2.03. The highest BCUT2D eigenvalue weighted by atomic mass is 35.5. The van der Waals surface area contributed by atoms with E-state index in [1.807, 2.05) is 6.07 Å². The number of hydrogen-bond acceptors (Lipinski definition) is 3. The topological polar surface area (TPSA) is 35.5 Å². The lowest BCUT2D eigenvalue weighted by molar-refractivity contribution is 0.0819. The van der Waals surface area contributed by atoms with E-state index in [1.165, 1.54) is 7.11 Å². The molecule has 0 spiro atoms. The second-order valence-corrected chi connectivity index (χ2v) is 3.66. The molecule has 86 valence electrons. The van der Waals surface area contributed by atoms with Crippen LogP contribution in [0.1, 0.15) is 5.56 Å². The molecule has 0 unspecified atom stereocenters. The lowest BCUT2D eigenvalue weighted by atomic mass is 10.2. The maximum Gasteiger partial charge on any atom is 0.508 e. The van der Waals surface area contributed by atoms with E-state index in [0.717, 1.165) is 5.56 Å². The van der Waals surface area contributed by atoms with Gasteiger partial charge in [0.1, 0.15) is 6.61 Å². The molecule has 0 saturated carbocycles. The van der Waals surface area contributed by atoms with Gasteiger partial charge >= 0.3 is 6.16 Å². The first-order valence-corrected chi connectivity index (χ1v) is 5.21. The minimum absolute atomic E-state index is 0.146. The van der Waals surface area contributed by atoms with Crippen LogP contribution in [0.5, 0.6) is 0 Å². The Morgan fingerprint density at radius 2 is 2.12 bits per heavy atom. The Morgan fingerprint density at radius 1 is 1.38 bits per heavy atom. The van der Waals surface area contributed by atoms with E-state index in [0.29, 0.717) is 10.0 Å². The third-order valence-corrected chi connectivity index (χ3v) is 2.46. The Hall–Kier alpha value is -1.19. The molecule has 0 fully saturated rings. The van der Waals surface area contributed by atoms with Crippen LogP contribution in [0, 0.1) is 0 Å². The normalized spacial score (nSPS) is 10.4. The summed E-state index contributed by atoms with van der Waals surface area (Å²) in [6.45, 7) is 0.146. The zero-order chi connectivity index (χ0) is 12.0. The number of carbonyl (C=O) groups is 1. The number of halogens is 2. The van der Waals surface area contributed by atoms with Crippen molar-refractivity contribution >= 4 is 35.4 Å². The van der Waals surface area contributed by atoms with Gasteiger partial charge in [-0.1, -0.05) is 35.3 Å². The number of ether oxygens (including phenoxy) is 2. The van der Waals surface area contributed by atoms with Crippen molar-refractivity contribution in [2.24, 2.45) is 0 Å². The number of hydrogen-bond donors (Lipinski definition) is 0. The lowest BCUT2D eigenvalue weighted by Gasteiger charge is -1.99. The molecule has 0 aliphatic heterocycles. The molecular formula is C11H10Cl2O3. The summed E-state index contributed by atoms with van der Waals surface area (Å²) in [5.74, 6) is 0. The first-order valence-electron chi connectivity index (χ1n) is 4.46. The van der Waals surface area contributed by atoms with Crippen molar-refractivity contribution in [1.29, 1.82) is 0 Å². The highest BCUT2D eigenvalue weighted by molar-refractivity contribution is 6.42. The summed E-state index contributed by atoms with van der Waals surface area (Å²) in [7, 11) is 1.25. The van der Waals surface area contributed by atoms with Gasteiger partial charge in [-0.2, -0.15) is 0 Å². The molecule has 0 atom stereocenters. The van der Waals surface area contributed by atoms with Gasteiger partial charge in [0.25, 0.3) is 0 Å². The average molecular weight is 261 g/mol. The SMILES string of the molecule is COC(=O)OCC=Cc1ccc(Cl)c(Cl)c1. The fourth-order valence-electron chi connectivity index (χ4n) is 0.975. The Kier molecular flexibility index (Phi) is 5.15. The molecule has 1 rings (SSSR count). The van der Waals surface area contributed by atoms with Gasteiger partial charge in [0.05, 0.1) is 17.2 Å². The van der Waals surface area contributed by atoms with Crippen molar-refractivity contribution in [2.45, 2.75) is 0 Å². The summed E-state index contributed by atoms with van der Waals surface area (Å²) in [5, 5.41) is 0.988. The van der Waals surface area contributed by atoms with E-state index in [2.05, 4.69) is 9.47 Å². The minimum atomic E-state index is -0.709. The summed E-state index contributed by atoms with van der Waals surface area (Å²) in [4.78, 5) is 10.6. The minimum Gasteiger partial charge on any atom is -0.438 e. The molecule has 0 saturated heterocycles. The maximum atomic E-state index is 10.6. The van der Waals surface area contributed by atoms with Gasteiger partial charge in [0.2, 0.25) is 0 Å². The quantitative estimate of drug-likeness (QED) is 0.776. The monoisotopic (exact) mass is 260 g/mol. The molecule has 0 aliphatic carbocycles. The highest BCUT2D eigenvalue weighted by Crippen LogP contribution is 2.22. The number of carbonyl (C=O) groups excluding carboxylic acids is 1. The zero-order valence-electron chi connectivity index (χ0n) is 8.57. The van der Waals surface area contributed by atoms with Gasteiger partial charge in [-0.25, -0.2) is 4.79 Å². The van der Waals surface area contributed by atoms with E-state index in [1.54, 1.807) is 24.3 Å². The fourth-order valence-corrected chi connectivity index (χ4v) is 1.28. The summed E-state index contributed by atoms with van der Waals surface area (Å²) in [6, 6.07) is 5.23. The van der Waals surface area contributed by atoms with Gasteiger partial charge < -0.3 is 9.47 Å². The molecule has 0 heterocycles. The Bertz CT molecular complexity index is 402. The van der Waals surface area contributed by atoms with Crippen LogP contribution in [0.3, 0.4) is 0 Å². The molecule has 1 aromatic carbocycles. The van der Waals surface area contributed by atoms with Gasteiger partial charge in [-0.3, -0.25) is 0 Å². The molecule has 3 nitrogen and oxygen atoms in total. The van der Waals surface area contributed by atoms with E-state index in [9.17, 15) is 4.79 Å². The third-order valence-electron chi connectivity index (χ3n) is 1.72. The van der Waals surface area contributed by atoms with Gasteiger partial charge in [0, 0.05) is 0 Å². The first-order chi connectivity index (χ1) is 7.63. The van der Waals surface area contributed by atoms with Crippen molar-refractivity contribution < 1.29 is 14.3 Å². The summed E-state index contributed by atoms with van der Waals surface area (Å²) >= 11 is 11.6. The van der Waals surface area contributed by atoms with Gasteiger partial charge in [-0.05, 0) is 23.8 Å². The predicted octanol–water partition coefficient (Wildman–Crippen LogP) is 3.79. The summed E-state index contributed by atoms with van der Waals surface area (Å²) in [6.07, 6.45) is 2.74. The van der Waals surface area contributed by atoms with Crippen LogP contribution < -0.4 is 0 Å². The Labute approximate surface area is 104 Å². The number of methoxy groups -OCH3 is 1. The summed E-state index contributed by atoms with van der Waals surface area (Å²) < 4.78 is 8.96. The van der Waals surface area contributed by atoms with Crippen molar-refractivity contribution in [2.75, 3.05) is 13.7 Å². The van der Waals surface area contributed by atoms with Crippen LogP contribution >= 0.6 is 23.2 Å². The molecule has 5 heteroatoms. The predicted molar refractivity (Wildman–Crippen MR) is 63.9 cm³/mol. The van der Waals surface area contributed by atoms with Crippen LogP contribution in [0.2, 0.25) is 10.0 Å². The second-order valence-electron chi connectivity index (χ2n) is 2.84. The van der Waals surface area contributed by atoms with E-state index in [-0.39, 0.29) is 6.61 Å². The van der Waals surface area contributed by atoms with Crippen LogP contribution in [0.15, 0.2) is 24.3 Å². The molecule has 0 radical (unpaired) electrons. The van der Waals surface area contributed by atoms with Crippen LogP contribution in [-0.2, 0) is 9.47 Å². The zero-order valence-corrected chi connectivity index (χ0v) is 10.1. The standard InChI is InChI=1S/C11H10Cl2O3/c1-15-11(14)16-6-2-3-8-4-5-9(12)10(13)7-8/h2-5,7H,6H2,1H3. The van der Waals surface area contributed by atoms with Crippen molar-refractivity contribution in [1.82, 2.24) is 0 Å². The third kappa shape index (κ3) is 4.13. The van der Waals surface area contributed by atoms with E-state index < -0.39 is 6.16 Å². The summed E-state index contributed by atoms with van der Waals surface area (Å²) in [5.41, 5.74) is 0.878. The highest BCUT2D eigenvalue weighted by Gasteiger charge is 1.98. The molecule has 0 aliphatic rings. The van der Waals surface area contributed by atoms with E-state index >= 15 is 0 Å². The van der Waals surface area contributed by atoms with Crippen LogP contribution in [-0.4, -0.2) is 19.9 Å². The number of rotatable bonds is 3. The molecule has 1 aromatic rings. The van der Waals surface area contributed by atoms with Gasteiger partial charge in [-0.15, -0.1) is 0 Å². The smallest absolute Gasteiger partial charge is 0.438 e. The average Bonchev–Trinajstić information content (AvgIpc) is 2.28. The molecule has 0 N–H and O–H groups in total. The molecule has 0 amide bonds. The molecule has 16 heavy (non-hydrogen) atoms.